The van der Waals surface area contributed by atoms with E-state index in [0.29, 0.717) is 24.9 Å². The van der Waals surface area contributed by atoms with E-state index in [2.05, 4.69) is 12.2 Å². The van der Waals surface area contributed by atoms with Crippen LogP contribution in [0.1, 0.15) is 39.0 Å². The van der Waals surface area contributed by atoms with Gasteiger partial charge in [-0.05, 0) is 43.5 Å². The van der Waals surface area contributed by atoms with Crippen molar-refractivity contribution in [3.63, 3.8) is 0 Å². The molecule has 0 aliphatic carbocycles. The minimum Gasteiger partial charge on any atom is -0.494 e. The van der Waals surface area contributed by atoms with E-state index in [1.807, 2.05) is 24.3 Å². The largest absolute Gasteiger partial charge is 0.494 e. The van der Waals surface area contributed by atoms with Gasteiger partial charge in [-0.15, -0.1) is 0 Å². The highest BCUT2D eigenvalue weighted by molar-refractivity contribution is 5.94. The summed E-state index contributed by atoms with van der Waals surface area (Å²) in [5.74, 6) is 0.394. The minimum absolute atomic E-state index is 0.150. The van der Waals surface area contributed by atoms with Crippen LogP contribution in [0.2, 0.25) is 0 Å². The van der Waals surface area contributed by atoms with Gasteiger partial charge in [0, 0.05) is 12.1 Å². The lowest BCUT2D eigenvalue weighted by atomic mass is 9.97. The second-order valence-electron chi connectivity index (χ2n) is 6.83. The van der Waals surface area contributed by atoms with Gasteiger partial charge in [0.1, 0.15) is 18.4 Å². The van der Waals surface area contributed by atoms with Gasteiger partial charge < -0.3 is 19.7 Å². The van der Waals surface area contributed by atoms with Crippen molar-refractivity contribution in [3.8, 4) is 5.75 Å². The average Bonchev–Trinajstić information content (AvgIpc) is 2.63. The molecule has 2 N–H and O–H groups in total. The molecule has 0 aromatic heterocycles. The fourth-order valence-corrected chi connectivity index (χ4v) is 3.66. The number of quaternary nitrogens is 1. The number of rotatable bonds is 6. The zero-order chi connectivity index (χ0) is 17.6. The van der Waals surface area contributed by atoms with Crippen LogP contribution < -0.4 is 15.0 Å². The fraction of sp³-hybridized carbons (Fsp3) is 0.579. The molecule has 136 valence electrons. The summed E-state index contributed by atoms with van der Waals surface area (Å²) in [5, 5.41) is 2.87. The predicted octanol–water partition coefficient (Wildman–Crippen LogP) is 1.17. The summed E-state index contributed by atoms with van der Waals surface area (Å²) in [6, 6.07) is 7.28. The molecule has 2 aliphatic rings. The molecule has 1 aromatic carbocycles. The Morgan fingerprint density at radius 3 is 2.88 bits per heavy atom. The third-order valence-corrected chi connectivity index (χ3v) is 4.95. The van der Waals surface area contributed by atoms with Crippen LogP contribution in [0, 0.1) is 0 Å². The first-order valence-electron chi connectivity index (χ1n) is 9.22. The van der Waals surface area contributed by atoms with Crippen molar-refractivity contribution < 1.29 is 24.0 Å². The SMILES string of the molecule is CCCOc1ccc(NC(=O)C[C@@H]2C(=O)OC[C@@H]3CCCC[NH+]32)cc1. The van der Waals surface area contributed by atoms with Crippen molar-refractivity contribution in [2.24, 2.45) is 0 Å². The molecule has 3 rings (SSSR count). The second kappa shape index (κ2) is 8.34. The molecular formula is C19H27N2O4+. The molecule has 2 saturated heterocycles. The molecule has 6 nitrogen and oxygen atoms in total. The lowest BCUT2D eigenvalue weighted by molar-refractivity contribution is -0.951. The van der Waals surface area contributed by atoms with Gasteiger partial charge in [-0.2, -0.15) is 0 Å². The number of amides is 1. The number of ether oxygens (including phenoxy) is 2. The fourth-order valence-electron chi connectivity index (χ4n) is 3.66. The van der Waals surface area contributed by atoms with Crippen LogP contribution in [-0.2, 0) is 14.3 Å². The zero-order valence-electron chi connectivity index (χ0n) is 14.8. The summed E-state index contributed by atoms with van der Waals surface area (Å²) in [7, 11) is 0. The van der Waals surface area contributed by atoms with Gasteiger partial charge in [0.25, 0.3) is 0 Å². The molecule has 2 aliphatic heterocycles. The van der Waals surface area contributed by atoms with E-state index < -0.39 is 0 Å². The topological polar surface area (TPSA) is 69.1 Å². The Balaban J connectivity index is 1.56. The third kappa shape index (κ3) is 4.51. The van der Waals surface area contributed by atoms with E-state index in [9.17, 15) is 9.59 Å². The standard InChI is InChI=1S/C19H26N2O4/c1-2-11-24-16-8-6-14(7-9-16)20-18(22)12-17-19(23)25-13-15-5-3-4-10-21(15)17/h6-9,15,17H,2-5,10-13H2,1H3,(H,20,22)/p+1/t15-,17+/m0/s1. The number of piperidine rings is 1. The minimum atomic E-state index is -0.383. The predicted molar refractivity (Wildman–Crippen MR) is 93.7 cm³/mol. The highest BCUT2D eigenvalue weighted by Gasteiger charge is 2.43. The zero-order valence-corrected chi connectivity index (χ0v) is 14.8. The maximum absolute atomic E-state index is 12.4. The van der Waals surface area contributed by atoms with Crippen LogP contribution in [0.4, 0.5) is 5.69 Å². The van der Waals surface area contributed by atoms with E-state index >= 15 is 0 Å². The van der Waals surface area contributed by atoms with E-state index in [-0.39, 0.29) is 24.3 Å². The number of esters is 1. The highest BCUT2D eigenvalue weighted by atomic mass is 16.5. The van der Waals surface area contributed by atoms with Crippen molar-refractivity contribution in [3.05, 3.63) is 24.3 Å². The molecule has 1 aromatic rings. The number of carbonyl (C=O) groups excluding carboxylic acids is 2. The summed E-state index contributed by atoms with van der Waals surface area (Å²) in [5.41, 5.74) is 0.711. The lowest BCUT2D eigenvalue weighted by Crippen LogP contribution is -3.22. The Morgan fingerprint density at radius 1 is 1.32 bits per heavy atom. The average molecular weight is 347 g/mol. The molecule has 25 heavy (non-hydrogen) atoms. The first kappa shape index (κ1) is 17.7. The van der Waals surface area contributed by atoms with Gasteiger partial charge >= 0.3 is 5.97 Å². The Hall–Kier alpha value is -2.08. The Morgan fingerprint density at radius 2 is 2.12 bits per heavy atom. The first-order chi connectivity index (χ1) is 12.2. The number of fused-ring (bicyclic) bond motifs is 1. The van der Waals surface area contributed by atoms with Crippen LogP contribution >= 0.6 is 0 Å². The molecule has 2 heterocycles. The van der Waals surface area contributed by atoms with Crippen molar-refractivity contribution in [1.29, 1.82) is 0 Å². The maximum Gasteiger partial charge on any atom is 0.365 e. The quantitative estimate of drug-likeness (QED) is 0.758. The van der Waals surface area contributed by atoms with Crippen molar-refractivity contribution in [2.75, 3.05) is 25.1 Å². The Labute approximate surface area is 148 Å². The lowest BCUT2D eigenvalue weighted by Gasteiger charge is -2.40. The van der Waals surface area contributed by atoms with Gasteiger partial charge in [0.2, 0.25) is 5.91 Å². The molecular weight excluding hydrogens is 320 g/mol. The molecule has 6 heteroatoms. The van der Waals surface area contributed by atoms with Gasteiger partial charge in [-0.3, -0.25) is 4.79 Å². The normalized spacial score (nSPS) is 25.6. The molecule has 0 bridgehead atoms. The summed E-state index contributed by atoms with van der Waals surface area (Å²) in [6.07, 6.45) is 4.47. The van der Waals surface area contributed by atoms with Gasteiger partial charge in [-0.25, -0.2) is 4.79 Å². The van der Waals surface area contributed by atoms with Crippen LogP contribution in [0.5, 0.6) is 5.75 Å². The highest BCUT2D eigenvalue weighted by Crippen LogP contribution is 2.17. The number of nitrogens with one attached hydrogen (secondary N) is 2. The number of anilines is 1. The smallest absolute Gasteiger partial charge is 0.365 e. The molecule has 0 radical (unpaired) electrons. The number of hydrogen-bond acceptors (Lipinski definition) is 4. The van der Waals surface area contributed by atoms with Crippen LogP contribution in [0.15, 0.2) is 24.3 Å². The van der Waals surface area contributed by atoms with Crippen LogP contribution in [-0.4, -0.2) is 43.7 Å². The summed E-state index contributed by atoms with van der Waals surface area (Å²) in [6.45, 7) is 4.17. The number of carbonyl (C=O) groups is 2. The number of morpholine rings is 1. The summed E-state index contributed by atoms with van der Waals surface area (Å²) >= 11 is 0. The molecule has 2 fully saturated rings. The third-order valence-electron chi connectivity index (χ3n) is 4.95. The van der Waals surface area contributed by atoms with E-state index in [1.54, 1.807) is 0 Å². The van der Waals surface area contributed by atoms with E-state index in [4.69, 9.17) is 9.47 Å². The van der Waals surface area contributed by atoms with Gasteiger partial charge in [-0.1, -0.05) is 6.92 Å². The van der Waals surface area contributed by atoms with Crippen molar-refractivity contribution in [2.45, 2.75) is 51.1 Å². The van der Waals surface area contributed by atoms with E-state index in [1.165, 1.54) is 11.3 Å². The maximum atomic E-state index is 12.4. The summed E-state index contributed by atoms with van der Waals surface area (Å²) < 4.78 is 10.8. The monoisotopic (exact) mass is 347 g/mol. The molecule has 1 unspecified atom stereocenters. The van der Waals surface area contributed by atoms with Gasteiger partial charge in [0.15, 0.2) is 6.04 Å². The second-order valence-corrected chi connectivity index (χ2v) is 6.83. The number of cyclic esters (lactones) is 1. The summed E-state index contributed by atoms with van der Waals surface area (Å²) in [4.78, 5) is 25.8. The van der Waals surface area contributed by atoms with Crippen molar-refractivity contribution >= 4 is 17.6 Å². The number of hydrogen-bond donors (Lipinski definition) is 2. The Kier molecular flexibility index (Phi) is 5.91. The number of benzene rings is 1. The Bertz CT molecular complexity index is 602. The van der Waals surface area contributed by atoms with E-state index in [0.717, 1.165) is 31.6 Å². The molecule has 0 spiro atoms. The van der Waals surface area contributed by atoms with Gasteiger partial charge in [0.05, 0.1) is 19.6 Å². The van der Waals surface area contributed by atoms with Crippen LogP contribution in [0.3, 0.4) is 0 Å². The first-order valence-corrected chi connectivity index (χ1v) is 9.22. The van der Waals surface area contributed by atoms with Crippen LogP contribution in [0.25, 0.3) is 0 Å². The molecule has 0 saturated carbocycles. The van der Waals surface area contributed by atoms with Crippen molar-refractivity contribution in [1.82, 2.24) is 0 Å². The molecule has 3 atom stereocenters. The molecule has 1 amide bonds.